The largest absolute Gasteiger partial charge is 0.497 e. The van der Waals surface area contributed by atoms with Crippen LogP contribution in [0.25, 0.3) is 0 Å². The standard InChI is InChI=1S/C15H20O3/c1-17-14-7-3-11(4-8-14)9-13(12-5-6-12)10-15(16)18-2/h3-4,7-8,12-13H,5-6,9-10H2,1-2H3. The summed E-state index contributed by atoms with van der Waals surface area (Å²) < 4.78 is 9.92. The average Bonchev–Trinajstić information content (AvgIpc) is 3.23. The molecule has 1 fully saturated rings. The van der Waals surface area contributed by atoms with Gasteiger partial charge in [0.1, 0.15) is 5.75 Å². The number of esters is 1. The summed E-state index contributed by atoms with van der Waals surface area (Å²) in [6.07, 6.45) is 3.98. The van der Waals surface area contributed by atoms with Gasteiger partial charge in [-0.3, -0.25) is 4.79 Å². The number of methoxy groups -OCH3 is 2. The van der Waals surface area contributed by atoms with E-state index in [1.807, 2.05) is 12.1 Å². The number of rotatable bonds is 6. The molecule has 0 amide bonds. The molecule has 1 saturated carbocycles. The lowest BCUT2D eigenvalue weighted by atomic mass is 9.92. The van der Waals surface area contributed by atoms with Crippen LogP contribution in [-0.2, 0) is 16.0 Å². The molecule has 18 heavy (non-hydrogen) atoms. The summed E-state index contributed by atoms with van der Waals surface area (Å²) in [6, 6.07) is 8.09. The van der Waals surface area contributed by atoms with Crippen LogP contribution in [0.3, 0.4) is 0 Å². The highest BCUT2D eigenvalue weighted by Gasteiger charge is 2.32. The molecular formula is C15H20O3. The van der Waals surface area contributed by atoms with Gasteiger partial charge >= 0.3 is 5.97 Å². The number of carbonyl (C=O) groups excluding carboxylic acids is 1. The molecule has 0 saturated heterocycles. The van der Waals surface area contributed by atoms with E-state index in [9.17, 15) is 4.79 Å². The highest BCUT2D eigenvalue weighted by Crippen LogP contribution is 2.40. The van der Waals surface area contributed by atoms with E-state index >= 15 is 0 Å². The van der Waals surface area contributed by atoms with Crippen molar-refractivity contribution in [1.29, 1.82) is 0 Å². The zero-order chi connectivity index (χ0) is 13.0. The lowest BCUT2D eigenvalue weighted by Gasteiger charge is -2.15. The van der Waals surface area contributed by atoms with E-state index < -0.39 is 0 Å². The summed E-state index contributed by atoms with van der Waals surface area (Å²) in [7, 11) is 3.12. The first-order valence-corrected chi connectivity index (χ1v) is 6.42. The fraction of sp³-hybridized carbons (Fsp3) is 0.533. The van der Waals surface area contributed by atoms with Crippen molar-refractivity contribution in [2.45, 2.75) is 25.7 Å². The zero-order valence-electron chi connectivity index (χ0n) is 11.0. The molecule has 0 bridgehead atoms. The van der Waals surface area contributed by atoms with Gasteiger partial charge < -0.3 is 9.47 Å². The van der Waals surface area contributed by atoms with E-state index in [0.29, 0.717) is 18.3 Å². The van der Waals surface area contributed by atoms with Crippen molar-refractivity contribution in [2.75, 3.05) is 14.2 Å². The Labute approximate surface area is 108 Å². The van der Waals surface area contributed by atoms with Gasteiger partial charge in [-0.15, -0.1) is 0 Å². The van der Waals surface area contributed by atoms with E-state index in [4.69, 9.17) is 9.47 Å². The molecule has 0 aliphatic heterocycles. The quantitative estimate of drug-likeness (QED) is 0.726. The summed E-state index contributed by atoms with van der Waals surface area (Å²) >= 11 is 0. The van der Waals surface area contributed by atoms with Crippen LogP contribution in [0.2, 0.25) is 0 Å². The van der Waals surface area contributed by atoms with Gasteiger partial charge in [-0.2, -0.15) is 0 Å². The monoisotopic (exact) mass is 248 g/mol. The smallest absolute Gasteiger partial charge is 0.305 e. The fourth-order valence-corrected chi connectivity index (χ4v) is 2.33. The summed E-state index contributed by atoms with van der Waals surface area (Å²) in [5, 5.41) is 0. The van der Waals surface area contributed by atoms with Crippen LogP contribution in [-0.4, -0.2) is 20.2 Å². The molecule has 1 atom stereocenters. The summed E-state index contributed by atoms with van der Waals surface area (Å²) in [6.45, 7) is 0. The SMILES string of the molecule is COC(=O)CC(Cc1ccc(OC)cc1)C1CC1. The van der Waals surface area contributed by atoms with Crippen LogP contribution < -0.4 is 4.74 Å². The third-order valence-electron chi connectivity index (χ3n) is 3.60. The van der Waals surface area contributed by atoms with Crippen molar-refractivity contribution in [2.24, 2.45) is 11.8 Å². The molecule has 1 aromatic carbocycles. The van der Waals surface area contributed by atoms with Gasteiger partial charge in [-0.25, -0.2) is 0 Å². The highest BCUT2D eigenvalue weighted by atomic mass is 16.5. The Morgan fingerprint density at radius 3 is 2.44 bits per heavy atom. The van der Waals surface area contributed by atoms with Crippen LogP contribution in [0.4, 0.5) is 0 Å². The second kappa shape index (κ2) is 5.89. The van der Waals surface area contributed by atoms with Gasteiger partial charge in [0.15, 0.2) is 0 Å². The minimum Gasteiger partial charge on any atom is -0.497 e. The predicted molar refractivity (Wildman–Crippen MR) is 69.5 cm³/mol. The Morgan fingerprint density at radius 1 is 1.28 bits per heavy atom. The van der Waals surface area contributed by atoms with Gasteiger partial charge in [-0.1, -0.05) is 12.1 Å². The number of hydrogen-bond acceptors (Lipinski definition) is 3. The van der Waals surface area contributed by atoms with E-state index in [-0.39, 0.29) is 5.97 Å². The molecule has 1 aliphatic rings. The van der Waals surface area contributed by atoms with Crippen molar-refractivity contribution < 1.29 is 14.3 Å². The molecule has 0 N–H and O–H groups in total. The highest BCUT2D eigenvalue weighted by molar-refractivity contribution is 5.69. The predicted octanol–water partition coefficient (Wildman–Crippen LogP) is 2.83. The second-order valence-corrected chi connectivity index (χ2v) is 4.93. The van der Waals surface area contributed by atoms with Crippen LogP contribution in [0.15, 0.2) is 24.3 Å². The van der Waals surface area contributed by atoms with E-state index in [1.165, 1.54) is 25.5 Å². The third-order valence-corrected chi connectivity index (χ3v) is 3.60. The first-order chi connectivity index (χ1) is 8.72. The maximum Gasteiger partial charge on any atom is 0.305 e. The molecule has 1 aliphatic carbocycles. The zero-order valence-corrected chi connectivity index (χ0v) is 11.0. The maximum atomic E-state index is 11.4. The Kier molecular flexibility index (Phi) is 4.24. The van der Waals surface area contributed by atoms with Crippen molar-refractivity contribution in [3.8, 4) is 5.75 Å². The summed E-state index contributed by atoms with van der Waals surface area (Å²) in [5.74, 6) is 1.90. The van der Waals surface area contributed by atoms with Crippen LogP contribution >= 0.6 is 0 Å². The number of hydrogen-bond donors (Lipinski definition) is 0. The fourth-order valence-electron chi connectivity index (χ4n) is 2.33. The number of benzene rings is 1. The number of carbonyl (C=O) groups is 1. The maximum absolute atomic E-state index is 11.4. The molecule has 2 rings (SSSR count). The molecule has 3 heteroatoms. The minimum absolute atomic E-state index is 0.0968. The first-order valence-electron chi connectivity index (χ1n) is 6.42. The molecule has 3 nitrogen and oxygen atoms in total. The van der Waals surface area contributed by atoms with E-state index in [1.54, 1.807) is 7.11 Å². The van der Waals surface area contributed by atoms with Gasteiger partial charge in [0.25, 0.3) is 0 Å². The minimum atomic E-state index is -0.0968. The lowest BCUT2D eigenvalue weighted by Crippen LogP contribution is -2.14. The summed E-state index contributed by atoms with van der Waals surface area (Å²) in [4.78, 5) is 11.4. The molecule has 0 aromatic heterocycles. The van der Waals surface area contributed by atoms with Crippen molar-refractivity contribution in [3.63, 3.8) is 0 Å². The first kappa shape index (κ1) is 12.9. The van der Waals surface area contributed by atoms with E-state index in [0.717, 1.165) is 12.2 Å². The van der Waals surface area contributed by atoms with Gasteiger partial charge in [-0.05, 0) is 48.8 Å². The van der Waals surface area contributed by atoms with Gasteiger partial charge in [0.05, 0.1) is 14.2 Å². The van der Waals surface area contributed by atoms with Crippen LogP contribution in [0.5, 0.6) is 5.75 Å². The van der Waals surface area contributed by atoms with Crippen LogP contribution in [0, 0.1) is 11.8 Å². The molecular weight excluding hydrogens is 228 g/mol. The number of ether oxygens (including phenoxy) is 2. The van der Waals surface area contributed by atoms with Gasteiger partial charge in [0.2, 0.25) is 0 Å². The Hall–Kier alpha value is -1.51. The molecule has 1 unspecified atom stereocenters. The average molecular weight is 248 g/mol. The third kappa shape index (κ3) is 3.49. The second-order valence-electron chi connectivity index (χ2n) is 4.93. The lowest BCUT2D eigenvalue weighted by molar-refractivity contribution is -0.141. The Morgan fingerprint density at radius 2 is 1.94 bits per heavy atom. The Bertz CT molecular complexity index is 393. The Balaban J connectivity index is 1.96. The van der Waals surface area contributed by atoms with Crippen molar-refractivity contribution >= 4 is 5.97 Å². The normalized spacial score (nSPS) is 16.1. The molecule has 98 valence electrons. The van der Waals surface area contributed by atoms with Gasteiger partial charge in [0, 0.05) is 6.42 Å². The van der Waals surface area contributed by atoms with Crippen LogP contribution in [0.1, 0.15) is 24.8 Å². The van der Waals surface area contributed by atoms with Crippen molar-refractivity contribution in [1.82, 2.24) is 0 Å². The topological polar surface area (TPSA) is 35.5 Å². The molecule has 0 heterocycles. The van der Waals surface area contributed by atoms with E-state index in [2.05, 4.69) is 12.1 Å². The van der Waals surface area contributed by atoms with Crippen molar-refractivity contribution in [3.05, 3.63) is 29.8 Å². The molecule has 0 radical (unpaired) electrons. The summed E-state index contributed by atoms with van der Waals surface area (Å²) in [5.41, 5.74) is 1.26. The molecule has 1 aromatic rings. The molecule has 0 spiro atoms.